The number of anilines is 3. The summed E-state index contributed by atoms with van der Waals surface area (Å²) >= 11 is 1.85. The SMILES string of the molecule is c1ccc(-c2cccc(-n3c4ccccc4c4ccc(-c5cccc(-c6ccc7c(c6)Sc6ccccc6N7c6ccccc6)c5)cc43)c2)cc1. The van der Waals surface area contributed by atoms with Gasteiger partial charge in [0.05, 0.1) is 22.4 Å². The quantitative estimate of drug-likeness (QED) is 0.180. The lowest BCUT2D eigenvalue weighted by atomic mass is 9.98. The Morgan fingerprint density at radius 2 is 0.882 bits per heavy atom. The van der Waals surface area contributed by atoms with Crippen LogP contribution in [0.3, 0.4) is 0 Å². The Kier molecular flexibility index (Phi) is 7.11. The van der Waals surface area contributed by atoms with Crippen LogP contribution in [0.5, 0.6) is 0 Å². The molecule has 240 valence electrons. The lowest BCUT2D eigenvalue weighted by Crippen LogP contribution is -2.14. The van der Waals surface area contributed by atoms with E-state index < -0.39 is 0 Å². The molecule has 0 saturated heterocycles. The van der Waals surface area contributed by atoms with Gasteiger partial charge in [-0.3, -0.25) is 0 Å². The number of benzene rings is 8. The van der Waals surface area contributed by atoms with Crippen LogP contribution in [0.1, 0.15) is 0 Å². The van der Waals surface area contributed by atoms with Crippen LogP contribution in [-0.2, 0) is 0 Å². The molecule has 8 aromatic carbocycles. The summed E-state index contributed by atoms with van der Waals surface area (Å²) < 4.78 is 2.42. The molecule has 0 aliphatic carbocycles. The summed E-state index contributed by atoms with van der Waals surface area (Å²) in [6.45, 7) is 0. The zero-order chi connectivity index (χ0) is 33.7. The van der Waals surface area contributed by atoms with E-state index in [2.05, 4.69) is 204 Å². The van der Waals surface area contributed by atoms with Crippen molar-refractivity contribution in [1.29, 1.82) is 0 Å². The van der Waals surface area contributed by atoms with Gasteiger partial charge in [-0.05, 0) is 100 Å². The fourth-order valence-corrected chi connectivity index (χ4v) is 8.65. The maximum atomic E-state index is 2.42. The second kappa shape index (κ2) is 12.2. The van der Waals surface area contributed by atoms with E-state index in [1.807, 2.05) is 11.8 Å². The van der Waals surface area contributed by atoms with Crippen LogP contribution in [-0.4, -0.2) is 4.57 Å². The van der Waals surface area contributed by atoms with E-state index in [4.69, 9.17) is 0 Å². The first-order valence-corrected chi connectivity index (χ1v) is 18.2. The zero-order valence-corrected chi connectivity index (χ0v) is 28.6. The molecule has 1 aromatic heterocycles. The predicted octanol–water partition coefficient (Wildman–Crippen LogP) is 13.7. The first-order chi connectivity index (χ1) is 25.3. The number of fused-ring (bicyclic) bond motifs is 5. The first-order valence-electron chi connectivity index (χ1n) is 17.3. The highest BCUT2D eigenvalue weighted by molar-refractivity contribution is 7.99. The molecule has 51 heavy (non-hydrogen) atoms. The molecule has 1 aliphatic heterocycles. The lowest BCUT2D eigenvalue weighted by molar-refractivity contribution is 1.17. The molecule has 0 N–H and O–H groups in total. The number of hydrogen-bond acceptors (Lipinski definition) is 2. The molecule has 0 radical (unpaired) electrons. The van der Waals surface area contributed by atoms with Crippen molar-refractivity contribution in [3.8, 4) is 39.1 Å². The molecular weight excluding hydrogens is 637 g/mol. The van der Waals surface area contributed by atoms with E-state index in [0.29, 0.717) is 0 Å². The van der Waals surface area contributed by atoms with Crippen molar-refractivity contribution in [2.75, 3.05) is 4.90 Å². The monoisotopic (exact) mass is 668 g/mol. The predicted molar refractivity (Wildman–Crippen MR) is 216 cm³/mol. The lowest BCUT2D eigenvalue weighted by Gasteiger charge is -2.33. The second-order valence-electron chi connectivity index (χ2n) is 13.0. The molecule has 1 aliphatic rings. The molecule has 2 nitrogen and oxygen atoms in total. The molecule has 10 rings (SSSR count). The highest BCUT2D eigenvalue weighted by atomic mass is 32.2. The van der Waals surface area contributed by atoms with Gasteiger partial charge in [-0.2, -0.15) is 0 Å². The van der Waals surface area contributed by atoms with Crippen LogP contribution in [0.2, 0.25) is 0 Å². The van der Waals surface area contributed by atoms with Gasteiger partial charge in [0.1, 0.15) is 0 Å². The normalized spacial score (nSPS) is 12.2. The third kappa shape index (κ3) is 5.13. The summed E-state index contributed by atoms with van der Waals surface area (Å²) in [7, 11) is 0. The number of aromatic nitrogens is 1. The van der Waals surface area contributed by atoms with Crippen molar-refractivity contribution in [3.05, 3.63) is 194 Å². The number of para-hydroxylation sites is 3. The molecule has 9 aromatic rings. The van der Waals surface area contributed by atoms with Gasteiger partial charge in [0.2, 0.25) is 0 Å². The number of hydrogen-bond donors (Lipinski definition) is 0. The average Bonchev–Trinajstić information content (AvgIpc) is 3.54. The van der Waals surface area contributed by atoms with Gasteiger partial charge in [-0.15, -0.1) is 0 Å². The van der Waals surface area contributed by atoms with Crippen LogP contribution in [0, 0.1) is 0 Å². The Hall–Kier alpha value is -6.29. The summed E-state index contributed by atoms with van der Waals surface area (Å²) in [6.07, 6.45) is 0. The van der Waals surface area contributed by atoms with Crippen molar-refractivity contribution in [2.24, 2.45) is 0 Å². The Morgan fingerprint density at radius 3 is 1.73 bits per heavy atom. The second-order valence-corrected chi connectivity index (χ2v) is 14.1. The van der Waals surface area contributed by atoms with Crippen LogP contribution in [0.4, 0.5) is 17.1 Å². The fraction of sp³-hybridized carbons (Fsp3) is 0. The van der Waals surface area contributed by atoms with Crippen molar-refractivity contribution in [3.63, 3.8) is 0 Å². The van der Waals surface area contributed by atoms with Gasteiger partial charge in [-0.1, -0.05) is 139 Å². The van der Waals surface area contributed by atoms with E-state index in [0.717, 1.165) is 5.69 Å². The average molecular weight is 669 g/mol. The van der Waals surface area contributed by atoms with Gasteiger partial charge in [-0.25, -0.2) is 0 Å². The standard InChI is InChI=1S/C48H32N2S/c1-3-13-33(14-4-1)36-17-12-20-40(30-36)50-43-22-8-7-21-41(43)42-27-25-37(31-46(42)50)34-15-11-16-35(29-34)38-26-28-45-48(32-38)51-47-24-10-9-23-44(47)49(45)39-18-5-2-6-19-39/h1-32H. The molecule has 0 fully saturated rings. The Bertz CT molecular complexity index is 2730. The fourth-order valence-electron chi connectivity index (χ4n) is 7.55. The Labute approximate surface area is 301 Å². The van der Waals surface area contributed by atoms with Crippen LogP contribution >= 0.6 is 11.8 Å². The first kappa shape index (κ1) is 29.6. The third-order valence-corrected chi connectivity index (χ3v) is 11.1. The van der Waals surface area contributed by atoms with Crippen LogP contribution < -0.4 is 4.90 Å². The largest absolute Gasteiger partial charge is 0.309 e. The summed E-state index contributed by atoms with van der Waals surface area (Å²) in [6, 6.07) is 70.4. The smallest absolute Gasteiger partial charge is 0.0602 e. The van der Waals surface area contributed by atoms with E-state index in [1.165, 1.54) is 82.0 Å². The van der Waals surface area contributed by atoms with E-state index in [9.17, 15) is 0 Å². The minimum Gasteiger partial charge on any atom is -0.309 e. The summed E-state index contributed by atoms with van der Waals surface area (Å²) in [5.41, 5.74) is 14.4. The molecule has 0 saturated carbocycles. The number of rotatable bonds is 5. The zero-order valence-electron chi connectivity index (χ0n) is 27.8. The van der Waals surface area contributed by atoms with Crippen molar-refractivity contribution in [1.82, 2.24) is 4.57 Å². The topological polar surface area (TPSA) is 8.17 Å². The van der Waals surface area contributed by atoms with Crippen LogP contribution in [0.25, 0.3) is 60.9 Å². The highest BCUT2D eigenvalue weighted by Gasteiger charge is 2.25. The maximum Gasteiger partial charge on any atom is 0.0602 e. The van der Waals surface area contributed by atoms with Crippen molar-refractivity contribution < 1.29 is 0 Å². The molecule has 0 bridgehead atoms. The Morgan fingerprint density at radius 1 is 0.314 bits per heavy atom. The van der Waals surface area contributed by atoms with Gasteiger partial charge >= 0.3 is 0 Å². The van der Waals surface area contributed by atoms with E-state index in [1.54, 1.807) is 0 Å². The van der Waals surface area contributed by atoms with Crippen molar-refractivity contribution in [2.45, 2.75) is 9.79 Å². The summed E-state index contributed by atoms with van der Waals surface area (Å²) in [5, 5.41) is 2.51. The molecule has 2 heterocycles. The van der Waals surface area contributed by atoms with Crippen molar-refractivity contribution >= 4 is 50.6 Å². The molecule has 0 amide bonds. The molecular formula is C48H32N2S. The van der Waals surface area contributed by atoms with Gasteiger partial charge < -0.3 is 9.47 Å². The highest BCUT2D eigenvalue weighted by Crippen LogP contribution is 2.52. The minimum atomic E-state index is 1.16. The van der Waals surface area contributed by atoms with Gasteiger partial charge in [0.15, 0.2) is 0 Å². The summed E-state index contributed by atoms with van der Waals surface area (Å²) in [5.74, 6) is 0. The van der Waals surface area contributed by atoms with E-state index in [-0.39, 0.29) is 0 Å². The Balaban J connectivity index is 1.07. The third-order valence-electron chi connectivity index (χ3n) is 9.96. The number of nitrogens with zero attached hydrogens (tertiary/aromatic N) is 2. The van der Waals surface area contributed by atoms with Gasteiger partial charge in [0.25, 0.3) is 0 Å². The summed E-state index contributed by atoms with van der Waals surface area (Å²) in [4.78, 5) is 4.90. The van der Waals surface area contributed by atoms with Crippen LogP contribution in [0.15, 0.2) is 204 Å². The minimum absolute atomic E-state index is 1.16. The molecule has 0 atom stereocenters. The molecule has 0 spiro atoms. The van der Waals surface area contributed by atoms with E-state index >= 15 is 0 Å². The maximum absolute atomic E-state index is 2.42. The molecule has 3 heteroatoms. The molecule has 0 unspecified atom stereocenters. The van der Waals surface area contributed by atoms with Gasteiger partial charge in [0, 0.05) is 31.9 Å².